The van der Waals surface area contributed by atoms with Gasteiger partial charge in [0.2, 0.25) is 0 Å². The van der Waals surface area contributed by atoms with Crippen LogP contribution in [0.15, 0.2) is 0 Å². The number of rotatable bonds is 7. The number of aromatic nitrogens is 2. The number of nitrogens with one attached hydrogen (secondary N) is 1. The number of carbonyl (C=O) groups excluding carboxylic acids is 1. The molecule has 0 unspecified atom stereocenters. The van der Waals surface area contributed by atoms with Crippen LogP contribution in [0, 0.1) is 6.92 Å². The van der Waals surface area contributed by atoms with Crippen molar-refractivity contribution in [2.45, 2.75) is 44.6 Å². The van der Waals surface area contributed by atoms with Crippen molar-refractivity contribution in [3.63, 3.8) is 0 Å². The van der Waals surface area contributed by atoms with E-state index in [1.807, 2.05) is 25.9 Å². The first kappa shape index (κ1) is 16.5. The fraction of sp³-hybridized carbons (Fsp3) is 0.765. The Morgan fingerprint density at radius 1 is 1.30 bits per heavy atom. The van der Waals surface area contributed by atoms with Crippen molar-refractivity contribution in [3.8, 4) is 0 Å². The number of likely N-dealkylation sites (N-methyl/N-ethyl adjacent to an activating group) is 1. The highest BCUT2D eigenvalue weighted by molar-refractivity contribution is 5.96. The second-order valence-corrected chi connectivity index (χ2v) is 7.07. The molecule has 0 bridgehead atoms. The lowest BCUT2D eigenvalue weighted by Crippen LogP contribution is -2.41. The highest BCUT2D eigenvalue weighted by Gasteiger charge is 2.34. The van der Waals surface area contributed by atoms with Crippen molar-refractivity contribution in [3.05, 3.63) is 17.0 Å². The molecule has 0 spiro atoms. The molecule has 6 heteroatoms. The first-order chi connectivity index (χ1) is 11.1. The van der Waals surface area contributed by atoms with E-state index in [1.165, 1.54) is 0 Å². The molecule has 2 heterocycles. The molecule has 1 saturated heterocycles. The Morgan fingerprint density at radius 3 is 2.70 bits per heavy atom. The maximum Gasteiger partial charge on any atom is 0.257 e. The number of ether oxygens (including phenoxy) is 1. The van der Waals surface area contributed by atoms with Gasteiger partial charge in [-0.3, -0.25) is 9.89 Å². The van der Waals surface area contributed by atoms with E-state index in [0.717, 1.165) is 62.3 Å². The quantitative estimate of drug-likeness (QED) is 0.832. The summed E-state index contributed by atoms with van der Waals surface area (Å²) in [5, 5.41) is 7.41. The van der Waals surface area contributed by atoms with Gasteiger partial charge in [0.1, 0.15) is 0 Å². The molecule has 1 amide bonds. The van der Waals surface area contributed by atoms with Crippen molar-refractivity contribution >= 4 is 5.91 Å². The van der Waals surface area contributed by atoms with Crippen molar-refractivity contribution in [1.82, 2.24) is 20.0 Å². The van der Waals surface area contributed by atoms with E-state index >= 15 is 0 Å². The van der Waals surface area contributed by atoms with Crippen LogP contribution in [0.25, 0.3) is 0 Å². The number of nitrogens with zero attached hydrogens (tertiary/aromatic N) is 3. The summed E-state index contributed by atoms with van der Waals surface area (Å²) < 4.78 is 5.75. The van der Waals surface area contributed by atoms with E-state index in [1.54, 1.807) is 0 Å². The van der Waals surface area contributed by atoms with Gasteiger partial charge in [-0.15, -0.1) is 0 Å². The predicted molar refractivity (Wildman–Crippen MR) is 88.7 cm³/mol. The van der Waals surface area contributed by atoms with E-state index in [4.69, 9.17) is 4.74 Å². The van der Waals surface area contributed by atoms with Crippen LogP contribution >= 0.6 is 0 Å². The molecule has 1 aromatic heterocycles. The molecule has 0 radical (unpaired) electrons. The molecule has 1 aliphatic carbocycles. The summed E-state index contributed by atoms with van der Waals surface area (Å²) in [5.74, 6) is 0.577. The Morgan fingerprint density at radius 2 is 2.09 bits per heavy atom. The summed E-state index contributed by atoms with van der Waals surface area (Å²) in [6, 6.07) is 0. The highest BCUT2D eigenvalue weighted by atomic mass is 16.5. The molecule has 1 aromatic rings. The van der Waals surface area contributed by atoms with Crippen LogP contribution in [0.4, 0.5) is 0 Å². The molecule has 128 valence electrons. The second kappa shape index (κ2) is 7.01. The van der Waals surface area contributed by atoms with Crippen LogP contribution in [-0.2, 0) is 4.74 Å². The van der Waals surface area contributed by atoms with Crippen LogP contribution < -0.4 is 0 Å². The molecule has 1 N–H and O–H groups in total. The lowest BCUT2D eigenvalue weighted by Gasteiger charge is -2.27. The average Bonchev–Trinajstić information content (AvgIpc) is 3.09. The Hall–Kier alpha value is -1.40. The van der Waals surface area contributed by atoms with Gasteiger partial charge in [-0.2, -0.15) is 5.10 Å². The molecule has 6 nitrogen and oxygen atoms in total. The number of H-pyrrole nitrogens is 1. The molecule has 2 aliphatic rings. The van der Waals surface area contributed by atoms with Crippen LogP contribution in [0.1, 0.15) is 53.3 Å². The molecule has 1 aliphatic heterocycles. The van der Waals surface area contributed by atoms with Crippen molar-refractivity contribution in [2.75, 3.05) is 40.3 Å². The number of hydrogen-bond donors (Lipinski definition) is 1. The van der Waals surface area contributed by atoms with Crippen molar-refractivity contribution < 1.29 is 9.53 Å². The van der Waals surface area contributed by atoms with Gasteiger partial charge in [0, 0.05) is 37.9 Å². The Labute approximate surface area is 138 Å². The smallest absolute Gasteiger partial charge is 0.257 e. The lowest BCUT2D eigenvalue weighted by molar-refractivity contribution is 0.0510. The third kappa shape index (κ3) is 3.93. The summed E-state index contributed by atoms with van der Waals surface area (Å²) in [7, 11) is 4.07. The second-order valence-electron chi connectivity index (χ2n) is 7.07. The summed E-state index contributed by atoms with van der Waals surface area (Å²) in [5.41, 5.74) is 2.65. The largest absolute Gasteiger partial charge is 0.376 e. The standard InChI is InChI=1S/C17H28N4O2/c1-12-15(16(19-18-12)13-6-7-13)17(22)21(9-8-20(2)3)11-14-5-4-10-23-14/h13-14H,4-11H2,1-3H3,(H,18,19)/t14-/m1/s1. The van der Waals surface area contributed by atoms with Gasteiger partial charge >= 0.3 is 0 Å². The van der Waals surface area contributed by atoms with E-state index < -0.39 is 0 Å². The Kier molecular flexibility index (Phi) is 5.02. The summed E-state index contributed by atoms with van der Waals surface area (Å²) in [4.78, 5) is 17.2. The van der Waals surface area contributed by atoms with E-state index in [9.17, 15) is 4.79 Å². The van der Waals surface area contributed by atoms with Crippen LogP contribution in [0.2, 0.25) is 0 Å². The van der Waals surface area contributed by atoms with Gasteiger partial charge in [0.05, 0.1) is 17.4 Å². The minimum Gasteiger partial charge on any atom is -0.376 e. The fourth-order valence-electron chi connectivity index (χ4n) is 3.16. The zero-order valence-corrected chi connectivity index (χ0v) is 14.5. The molecule has 0 aromatic carbocycles. The minimum absolute atomic E-state index is 0.107. The maximum absolute atomic E-state index is 13.2. The van der Waals surface area contributed by atoms with Gasteiger partial charge in [-0.05, 0) is 46.7 Å². The SMILES string of the molecule is Cc1[nH]nc(C2CC2)c1C(=O)N(CCN(C)C)C[C@H]1CCCO1. The average molecular weight is 320 g/mol. The van der Waals surface area contributed by atoms with Gasteiger partial charge in [-0.1, -0.05) is 0 Å². The predicted octanol–water partition coefficient (Wildman–Crippen LogP) is 1.78. The molecular formula is C17H28N4O2. The number of hydrogen-bond acceptors (Lipinski definition) is 4. The van der Waals surface area contributed by atoms with Gasteiger partial charge in [0.25, 0.3) is 5.91 Å². The molecule has 2 fully saturated rings. The zero-order chi connectivity index (χ0) is 16.4. The van der Waals surface area contributed by atoms with Gasteiger partial charge < -0.3 is 14.5 Å². The molecule has 23 heavy (non-hydrogen) atoms. The van der Waals surface area contributed by atoms with Gasteiger partial charge in [-0.25, -0.2) is 0 Å². The van der Waals surface area contributed by atoms with Crippen molar-refractivity contribution in [2.24, 2.45) is 0 Å². The molecule has 3 rings (SSSR count). The fourth-order valence-corrected chi connectivity index (χ4v) is 3.16. The van der Waals surface area contributed by atoms with E-state index in [0.29, 0.717) is 12.5 Å². The number of amides is 1. The normalized spacial score (nSPS) is 21.1. The monoisotopic (exact) mass is 320 g/mol. The number of carbonyl (C=O) groups is 1. The van der Waals surface area contributed by atoms with Crippen LogP contribution in [0.3, 0.4) is 0 Å². The molecule has 1 saturated carbocycles. The summed E-state index contributed by atoms with van der Waals surface area (Å²) >= 11 is 0. The highest BCUT2D eigenvalue weighted by Crippen LogP contribution is 2.41. The lowest BCUT2D eigenvalue weighted by atomic mass is 10.1. The summed E-state index contributed by atoms with van der Waals surface area (Å²) in [6.07, 6.45) is 4.61. The molecular weight excluding hydrogens is 292 g/mol. The van der Waals surface area contributed by atoms with E-state index in [2.05, 4.69) is 15.1 Å². The Bertz CT molecular complexity index is 545. The zero-order valence-electron chi connectivity index (χ0n) is 14.5. The van der Waals surface area contributed by atoms with Gasteiger partial charge in [0.15, 0.2) is 0 Å². The Balaban J connectivity index is 1.76. The first-order valence-electron chi connectivity index (χ1n) is 8.66. The van der Waals surface area contributed by atoms with Crippen molar-refractivity contribution in [1.29, 1.82) is 0 Å². The topological polar surface area (TPSA) is 61.5 Å². The van der Waals surface area contributed by atoms with Crippen LogP contribution in [-0.4, -0.2) is 72.3 Å². The molecule has 1 atom stereocenters. The third-order valence-corrected chi connectivity index (χ3v) is 4.71. The maximum atomic E-state index is 13.2. The number of aryl methyl sites for hydroxylation is 1. The van der Waals surface area contributed by atoms with Crippen LogP contribution in [0.5, 0.6) is 0 Å². The van der Waals surface area contributed by atoms with E-state index in [-0.39, 0.29) is 12.0 Å². The third-order valence-electron chi connectivity index (χ3n) is 4.71. The first-order valence-corrected chi connectivity index (χ1v) is 8.66. The minimum atomic E-state index is 0.107. The number of aromatic amines is 1. The summed E-state index contributed by atoms with van der Waals surface area (Å²) in [6.45, 7) is 5.02.